The number of anilines is 1. The van der Waals surface area contributed by atoms with Crippen LogP contribution in [0, 0.1) is 0 Å². The molecule has 3 aromatic rings. The summed E-state index contributed by atoms with van der Waals surface area (Å²) in [5, 5.41) is 23.0. The lowest BCUT2D eigenvalue weighted by Gasteiger charge is -2.04. The van der Waals surface area contributed by atoms with Crippen LogP contribution in [0.25, 0.3) is 11.2 Å². The average Bonchev–Trinajstić information content (AvgIpc) is 2.94. The van der Waals surface area contributed by atoms with Gasteiger partial charge in [-0.2, -0.15) is 10.1 Å². The highest BCUT2D eigenvalue weighted by atomic mass is 16.3. The van der Waals surface area contributed by atoms with Crippen molar-refractivity contribution in [2.24, 2.45) is 12.1 Å². The molecule has 0 radical (unpaired) electrons. The number of H-pyrrole nitrogens is 1. The summed E-state index contributed by atoms with van der Waals surface area (Å²) in [4.78, 5) is 30.2. The highest BCUT2D eigenvalue weighted by Gasteiger charge is 2.15. The Kier molecular flexibility index (Phi) is 4.01. The fourth-order valence-corrected chi connectivity index (χ4v) is 2.43. The van der Waals surface area contributed by atoms with E-state index in [1.54, 1.807) is 4.57 Å². The van der Waals surface area contributed by atoms with Crippen LogP contribution in [-0.4, -0.2) is 35.5 Å². The van der Waals surface area contributed by atoms with E-state index in [9.17, 15) is 19.8 Å². The number of aromatic amines is 1. The number of hydrogen-bond acceptors (Lipinski definition) is 7. The molecule has 0 saturated heterocycles. The fourth-order valence-electron chi connectivity index (χ4n) is 2.43. The number of imidazole rings is 1. The van der Waals surface area contributed by atoms with Crippen LogP contribution in [0.4, 0.5) is 5.95 Å². The van der Waals surface area contributed by atoms with Crippen LogP contribution in [-0.2, 0) is 13.6 Å². The monoisotopic (exact) mass is 344 g/mol. The lowest BCUT2D eigenvalue weighted by Crippen LogP contribution is -2.29. The lowest BCUT2D eigenvalue weighted by molar-refractivity contribution is 0.450. The minimum Gasteiger partial charge on any atom is -0.508 e. The first-order chi connectivity index (χ1) is 11.9. The van der Waals surface area contributed by atoms with Crippen molar-refractivity contribution in [3.8, 4) is 11.5 Å². The van der Waals surface area contributed by atoms with Gasteiger partial charge >= 0.3 is 5.69 Å². The van der Waals surface area contributed by atoms with Crippen LogP contribution in [0.1, 0.15) is 12.5 Å². The third-order valence-corrected chi connectivity index (χ3v) is 3.71. The van der Waals surface area contributed by atoms with Crippen molar-refractivity contribution in [2.45, 2.75) is 13.5 Å². The van der Waals surface area contributed by atoms with Crippen LogP contribution in [0.3, 0.4) is 0 Å². The van der Waals surface area contributed by atoms with Gasteiger partial charge in [0, 0.05) is 25.2 Å². The second kappa shape index (κ2) is 6.15. The van der Waals surface area contributed by atoms with Crippen molar-refractivity contribution in [2.75, 3.05) is 5.43 Å². The van der Waals surface area contributed by atoms with Crippen molar-refractivity contribution in [1.82, 2.24) is 19.1 Å². The Bertz CT molecular complexity index is 1090. The Morgan fingerprint density at radius 3 is 2.80 bits per heavy atom. The van der Waals surface area contributed by atoms with Crippen LogP contribution >= 0.6 is 0 Å². The number of fused-ring (bicyclic) bond motifs is 1. The van der Waals surface area contributed by atoms with E-state index in [4.69, 9.17) is 0 Å². The van der Waals surface area contributed by atoms with Crippen molar-refractivity contribution in [3.05, 3.63) is 44.6 Å². The number of aryl methyl sites for hydroxylation is 2. The summed E-state index contributed by atoms with van der Waals surface area (Å²) in [7, 11) is 1.51. The first-order valence-electron chi connectivity index (χ1n) is 7.43. The minimum absolute atomic E-state index is 0.0597. The van der Waals surface area contributed by atoms with Crippen molar-refractivity contribution in [1.29, 1.82) is 0 Å². The van der Waals surface area contributed by atoms with E-state index in [-0.39, 0.29) is 28.6 Å². The SMILES string of the molecule is CCn1c(NN=Cc2ccc(O)cc2O)nc2c1c(=O)[nH]c(=O)n2C. The molecular formula is C15H16N6O4. The molecule has 0 aliphatic heterocycles. The van der Waals surface area contributed by atoms with E-state index >= 15 is 0 Å². The molecule has 0 saturated carbocycles. The number of rotatable bonds is 4. The second-order valence-corrected chi connectivity index (χ2v) is 5.28. The van der Waals surface area contributed by atoms with Crippen LogP contribution < -0.4 is 16.7 Å². The van der Waals surface area contributed by atoms with Gasteiger partial charge in [0.25, 0.3) is 5.56 Å². The van der Waals surface area contributed by atoms with E-state index in [0.717, 1.165) is 0 Å². The molecule has 0 amide bonds. The molecule has 2 heterocycles. The summed E-state index contributed by atoms with van der Waals surface area (Å²) in [6, 6.07) is 4.10. The molecule has 130 valence electrons. The quantitative estimate of drug-likeness (QED) is 0.397. The number of nitrogens with one attached hydrogen (secondary N) is 2. The molecule has 0 fully saturated rings. The van der Waals surface area contributed by atoms with Gasteiger partial charge in [-0.3, -0.25) is 14.3 Å². The van der Waals surface area contributed by atoms with Gasteiger partial charge in [0.2, 0.25) is 5.95 Å². The van der Waals surface area contributed by atoms with E-state index in [1.165, 1.54) is 36.0 Å². The van der Waals surface area contributed by atoms with Crippen molar-refractivity contribution >= 4 is 23.3 Å². The van der Waals surface area contributed by atoms with Gasteiger partial charge in [0.15, 0.2) is 11.2 Å². The normalized spacial score (nSPS) is 11.4. The standard InChI is InChI=1S/C15H16N6O4/c1-3-21-11-12(20(2)15(25)18-13(11)24)17-14(21)19-16-7-8-4-5-9(22)6-10(8)23/h4-7,22-23H,3H2,1-2H3,(H,17,19)(H,18,24,25). The number of aromatic hydroxyl groups is 2. The molecule has 0 atom stereocenters. The molecule has 2 aromatic heterocycles. The largest absolute Gasteiger partial charge is 0.508 e. The maximum atomic E-state index is 12.1. The van der Waals surface area contributed by atoms with Gasteiger partial charge in [-0.05, 0) is 19.1 Å². The van der Waals surface area contributed by atoms with Gasteiger partial charge in [-0.1, -0.05) is 0 Å². The zero-order valence-corrected chi connectivity index (χ0v) is 13.5. The highest BCUT2D eigenvalue weighted by molar-refractivity contribution is 5.84. The summed E-state index contributed by atoms with van der Waals surface area (Å²) < 4.78 is 2.82. The first kappa shape index (κ1) is 16.3. The number of phenols is 2. The van der Waals surface area contributed by atoms with Gasteiger partial charge in [-0.15, -0.1) is 0 Å². The number of aromatic nitrogens is 4. The topological polar surface area (TPSA) is 138 Å². The van der Waals surface area contributed by atoms with Gasteiger partial charge in [-0.25, -0.2) is 10.2 Å². The Labute approximate surface area is 140 Å². The third-order valence-electron chi connectivity index (χ3n) is 3.71. The second-order valence-electron chi connectivity index (χ2n) is 5.28. The smallest absolute Gasteiger partial charge is 0.329 e. The Balaban J connectivity index is 2.00. The van der Waals surface area contributed by atoms with Crippen LogP contribution in [0.5, 0.6) is 11.5 Å². The van der Waals surface area contributed by atoms with Crippen LogP contribution in [0.15, 0.2) is 32.9 Å². The molecule has 4 N–H and O–H groups in total. The Morgan fingerprint density at radius 2 is 2.12 bits per heavy atom. The first-order valence-corrected chi connectivity index (χ1v) is 7.43. The average molecular weight is 344 g/mol. The molecule has 0 bridgehead atoms. The minimum atomic E-state index is -0.553. The molecule has 10 nitrogen and oxygen atoms in total. The van der Waals surface area contributed by atoms with Gasteiger partial charge in [0.1, 0.15) is 11.5 Å². The van der Waals surface area contributed by atoms with Gasteiger partial charge in [0.05, 0.1) is 6.21 Å². The molecule has 1 aromatic carbocycles. The van der Waals surface area contributed by atoms with Crippen molar-refractivity contribution < 1.29 is 10.2 Å². The highest BCUT2D eigenvalue weighted by Crippen LogP contribution is 2.21. The van der Waals surface area contributed by atoms with Crippen molar-refractivity contribution in [3.63, 3.8) is 0 Å². The van der Waals surface area contributed by atoms with E-state index in [1.807, 2.05) is 6.92 Å². The molecule has 0 spiro atoms. The molecule has 10 heteroatoms. The summed E-state index contributed by atoms with van der Waals surface area (Å²) in [5.41, 5.74) is 2.50. The Morgan fingerprint density at radius 1 is 1.36 bits per heavy atom. The molecule has 3 rings (SSSR count). The van der Waals surface area contributed by atoms with E-state index < -0.39 is 11.2 Å². The lowest BCUT2D eigenvalue weighted by atomic mass is 10.2. The number of hydrazone groups is 1. The zero-order valence-electron chi connectivity index (χ0n) is 13.5. The van der Waals surface area contributed by atoms with E-state index in [0.29, 0.717) is 12.1 Å². The number of phenolic OH excluding ortho intramolecular Hbond substituents is 2. The maximum absolute atomic E-state index is 12.1. The third kappa shape index (κ3) is 2.84. The predicted octanol–water partition coefficient (Wildman–Crippen LogP) is 0.300. The summed E-state index contributed by atoms with van der Waals surface area (Å²) in [6.45, 7) is 2.26. The summed E-state index contributed by atoms with van der Waals surface area (Å²) in [5.74, 6) is 0.0858. The fraction of sp³-hybridized carbons (Fsp3) is 0.200. The number of hydrogen-bond donors (Lipinski definition) is 4. The summed E-state index contributed by atoms with van der Waals surface area (Å²) >= 11 is 0. The van der Waals surface area contributed by atoms with E-state index in [2.05, 4.69) is 20.5 Å². The maximum Gasteiger partial charge on any atom is 0.329 e. The Hall–Kier alpha value is -3.56. The van der Waals surface area contributed by atoms with Crippen LogP contribution in [0.2, 0.25) is 0 Å². The molecular weight excluding hydrogens is 328 g/mol. The zero-order chi connectivity index (χ0) is 18.1. The molecule has 0 aliphatic rings. The number of benzene rings is 1. The summed E-state index contributed by atoms with van der Waals surface area (Å²) in [6.07, 6.45) is 1.34. The molecule has 0 unspecified atom stereocenters. The predicted molar refractivity (Wildman–Crippen MR) is 92.3 cm³/mol. The molecule has 25 heavy (non-hydrogen) atoms. The number of nitrogens with zero attached hydrogens (tertiary/aromatic N) is 4. The molecule has 0 aliphatic carbocycles. The van der Waals surface area contributed by atoms with Gasteiger partial charge < -0.3 is 14.8 Å².